The number of amides is 4. The number of imide groups is 1. The molecular formula is C32H45N3O17S. The standard InChI is InChI=1S/C32H45N3O17S/c1-32(2,3)17-49-15-18-4-5-19(14-21(18)51-31-27(41)25(39)26(40)28(52-31)30(43)44)50-13-12-48-11-9-33-29(42)20(16-53(45,46)47)34-22(36)8-10-35-23(37)6-7-24(35)38/h4-7,14,20,25-28,31,39-41H,8-13,15-17H2,1-3H3,(H,33,42)(H,34,36)(H,43,44)(H,45,46,47)/t20-,25+,26+,27-,28+,31-/m1/s1. The number of carboxylic acid groups (broad SMARTS) is 1. The van der Waals surface area contributed by atoms with Gasteiger partial charge < -0.3 is 54.7 Å². The van der Waals surface area contributed by atoms with E-state index < -0.39 is 88.6 Å². The molecule has 296 valence electrons. The van der Waals surface area contributed by atoms with Gasteiger partial charge in [-0.3, -0.25) is 28.6 Å². The zero-order chi connectivity index (χ0) is 39.5. The number of nitrogens with one attached hydrogen (secondary N) is 2. The van der Waals surface area contributed by atoms with Crippen LogP contribution in [0.15, 0.2) is 30.4 Å². The summed E-state index contributed by atoms with van der Waals surface area (Å²) in [6.45, 7) is 5.76. The zero-order valence-corrected chi connectivity index (χ0v) is 30.0. The third-order valence-corrected chi connectivity index (χ3v) is 8.18. The number of aliphatic carboxylic acids is 1. The number of carbonyl (C=O) groups is 5. The zero-order valence-electron chi connectivity index (χ0n) is 29.2. The summed E-state index contributed by atoms with van der Waals surface area (Å²) in [6, 6.07) is 2.91. The smallest absolute Gasteiger partial charge is 0.335 e. The van der Waals surface area contributed by atoms with Gasteiger partial charge >= 0.3 is 5.97 Å². The number of aliphatic hydroxyl groups is 3. The summed E-state index contributed by atoms with van der Waals surface area (Å²) in [5.41, 5.74) is 0.301. The molecule has 4 amide bonds. The van der Waals surface area contributed by atoms with Crippen molar-refractivity contribution in [2.24, 2.45) is 5.41 Å². The largest absolute Gasteiger partial charge is 0.491 e. The summed E-state index contributed by atoms with van der Waals surface area (Å²) >= 11 is 0. The lowest BCUT2D eigenvalue weighted by atomic mass is 9.98. The quantitative estimate of drug-likeness (QED) is 0.0417. The van der Waals surface area contributed by atoms with Crippen LogP contribution >= 0.6 is 0 Å². The van der Waals surface area contributed by atoms with Crippen molar-refractivity contribution in [3.05, 3.63) is 35.9 Å². The molecule has 7 N–H and O–H groups in total. The van der Waals surface area contributed by atoms with E-state index in [-0.39, 0.29) is 56.4 Å². The predicted molar refractivity (Wildman–Crippen MR) is 179 cm³/mol. The van der Waals surface area contributed by atoms with Crippen molar-refractivity contribution in [1.82, 2.24) is 15.5 Å². The average Bonchev–Trinajstić information content (AvgIpc) is 3.38. The lowest BCUT2D eigenvalue weighted by Crippen LogP contribution is -2.61. The molecule has 3 rings (SSSR count). The summed E-state index contributed by atoms with van der Waals surface area (Å²) in [7, 11) is -4.70. The molecule has 2 aliphatic rings. The third-order valence-electron chi connectivity index (χ3n) is 7.42. The Bertz CT molecular complexity index is 1590. The number of carboxylic acids is 1. The van der Waals surface area contributed by atoms with Crippen molar-refractivity contribution in [1.29, 1.82) is 0 Å². The molecule has 0 aliphatic carbocycles. The second-order valence-electron chi connectivity index (χ2n) is 13.2. The molecule has 0 unspecified atom stereocenters. The number of nitrogens with zero attached hydrogens (tertiary/aromatic N) is 1. The second-order valence-corrected chi connectivity index (χ2v) is 14.7. The third kappa shape index (κ3) is 13.9. The number of ether oxygens (including phenoxy) is 5. The fourth-order valence-corrected chi connectivity index (χ4v) is 5.47. The van der Waals surface area contributed by atoms with Gasteiger partial charge in [-0.2, -0.15) is 8.42 Å². The Kier molecular flexibility index (Phi) is 15.7. The van der Waals surface area contributed by atoms with Gasteiger partial charge in [-0.15, -0.1) is 0 Å². The van der Waals surface area contributed by atoms with Crippen molar-refractivity contribution in [2.45, 2.75) is 70.5 Å². The van der Waals surface area contributed by atoms with Crippen molar-refractivity contribution in [3.63, 3.8) is 0 Å². The number of carbonyl (C=O) groups excluding carboxylic acids is 4. The van der Waals surface area contributed by atoms with Crippen LogP contribution in [0.2, 0.25) is 0 Å². The van der Waals surface area contributed by atoms with Crippen LogP contribution in [0.3, 0.4) is 0 Å². The number of hydrogen-bond acceptors (Lipinski definition) is 15. The minimum Gasteiger partial charge on any atom is -0.491 e. The number of benzene rings is 1. The van der Waals surface area contributed by atoms with Crippen LogP contribution < -0.4 is 20.1 Å². The highest BCUT2D eigenvalue weighted by molar-refractivity contribution is 7.85. The predicted octanol–water partition coefficient (Wildman–Crippen LogP) is -2.28. The molecule has 0 saturated carbocycles. The molecule has 0 bridgehead atoms. The summed E-state index contributed by atoms with van der Waals surface area (Å²) < 4.78 is 60.1. The molecule has 1 saturated heterocycles. The molecule has 1 aromatic carbocycles. The molecule has 0 radical (unpaired) electrons. The lowest BCUT2D eigenvalue weighted by Gasteiger charge is -2.38. The van der Waals surface area contributed by atoms with Gasteiger partial charge in [-0.05, 0) is 17.5 Å². The van der Waals surface area contributed by atoms with Crippen LogP contribution in [0.25, 0.3) is 0 Å². The maximum absolute atomic E-state index is 12.6. The van der Waals surface area contributed by atoms with E-state index in [2.05, 4.69) is 10.6 Å². The number of rotatable bonds is 20. The Morgan fingerprint density at radius 3 is 2.28 bits per heavy atom. The van der Waals surface area contributed by atoms with Crippen molar-refractivity contribution in [3.8, 4) is 11.5 Å². The Balaban J connectivity index is 1.51. The van der Waals surface area contributed by atoms with Crippen LogP contribution in [0.1, 0.15) is 32.8 Å². The van der Waals surface area contributed by atoms with E-state index in [0.29, 0.717) is 12.2 Å². The van der Waals surface area contributed by atoms with Gasteiger partial charge in [0, 0.05) is 43.3 Å². The summed E-state index contributed by atoms with van der Waals surface area (Å²) in [5.74, 6) is -5.45. The van der Waals surface area contributed by atoms with Crippen LogP contribution in [-0.4, -0.2) is 150 Å². The fourth-order valence-electron chi connectivity index (χ4n) is 4.81. The lowest BCUT2D eigenvalue weighted by molar-refractivity contribution is -0.271. The van der Waals surface area contributed by atoms with Gasteiger partial charge in [0.1, 0.15) is 48.2 Å². The SMILES string of the molecule is CC(C)(C)COCc1ccc(OCCOCCNC(=O)[C@@H](CS(=O)(=O)O)NC(=O)CCN2C(=O)C=CC2=O)cc1O[C@@H]1O[C@H](C(=O)O)[C@@H](O)[C@H](O)[C@H]1O. The molecule has 20 nitrogen and oxygen atoms in total. The maximum Gasteiger partial charge on any atom is 0.335 e. The van der Waals surface area contributed by atoms with Gasteiger partial charge in [0.15, 0.2) is 6.10 Å². The molecule has 1 fully saturated rings. The first-order chi connectivity index (χ1) is 24.8. The van der Waals surface area contributed by atoms with Crippen LogP contribution in [0, 0.1) is 5.41 Å². The van der Waals surface area contributed by atoms with E-state index in [1.54, 1.807) is 12.1 Å². The van der Waals surface area contributed by atoms with Crippen LogP contribution in [-0.2, 0) is 54.9 Å². The second kappa shape index (κ2) is 19.2. The summed E-state index contributed by atoms with van der Waals surface area (Å²) in [6.07, 6.45) is -7.52. The van der Waals surface area contributed by atoms with Crippen LogP contribution in [0.5, 0.6) is 11.5 Å². The highest BCUT2D eigenvalue weighted by atomic mass is 32.2. The minimum atomic E-state index is -4.70. The Morgan fingerprint density at radius 2 is 1.66 bits per heavy atom. The average molecular weight is 776 g/mol. The molecule has 2 heterocycles. The summed E-state index contributed by atoms with van der Waals surface area (Å²) in [4.78, 5) is 60.6. The molecule has 1 aromatic rings. The summed E-state index contributed by atoms with van der Waals surface area (Å²) in [5, 5.41) is 44.6. The first-order valence-electron chi connectivity index (χ1n) is 16.3. The van der Waals surface area contributed by atoms with E-state index >= 15 is 0 Å². The molecule has 21 heteroatoms. The minimum absolute atomic E-state index is 0.00862. The molecule has 6 atom stereocenters. The van der Waals surface area contributed by atoms with Crippen molar-refractivity contribution < 1.29 is 81.1 Å². The van der Waals surface area contributed by atoms with Crippen LogP contribution in [0.4, 0.5) is 0 Å². The highest BCUT2D eigenvalue weighted by Gasteiger charge is 2.48. The molecule has 2 aliphatic heterocycles. The molecule has 0 spiro atoms. The van der Waals surface area contributed by atoms with Gasteiger partial charge in [0.05, 0.1) is 26.4 Å². The molecular weight excluding hydrogens is 730 g/mol. The first-order valence-corrected chi connectivity index (χ1v) is 17.9. The Labute approximate surface area is 304 Å². The van der Waals surface area contributed by atoms with Crippen molar-refractivity contribution >= 4 is 39.7 Å². The molecule has 0 aromatic heterocycles. The first kappa shape index (κ1) is 43.2. The monoisotopic (exact) mass is 775 g/mol. The van der Waals surface area contributed by atoms with E-state index in [1.165, 1.54) is 6.07 Å². The van der Waals surface area contributed by atoms with E-state index in [1.807, 2.05) is 20.8 Å². The van der Waals surface area contributed by atoms with Gasteiger partial charge in [0.25, 0.3) is 21.9 Å². The topological polar surface area (TPSA) is 294 Å². The number of aliphatic hydroxyl groups excluding tert-OH is 3. The van der Waals surface area contributed by atoms with Gasteiger partial charge in [-0.25, -0.2) is 4.79 Å². The molecule has 53 heavy (non-hydrogen) atoms. The van der Waals surface area contributed by atoms with E-state index in [4.69, 9.17) is 23.7 Å². The van der Waals surface area contributed by atoms with Gasteiger partial charge in [-0.1, -0.05) is 20.8 Å². The van der Waals surface area contributed by atoms with Crippen molar-refractivity contribution in [2.75, 3.05) is 45.3 Å². The van der Waals surface area contributed by atoms with Gasteiger partial charge in [0.2, 0.25) is 18.1 Å². The van der Waals surface area contributed by atoms with E-state index in [9.17, 15) is 57.4 Å². The maximum atomic E-state index is 12.6. The number of hydrogen-bond donors (Lipinski definition) is 7. The fraction of sp³-hybridized carbons (Fsp3) is 0.594. The highest BCUT2D eigenvalue weighted by Crippen LogP contribution is 2.31. The Morgan fingerprint density at radius 1 is 0.981 bits per heavy atom. The van der Waals surface area contributed by atoms with E-state index in [0.717, 1.165) is 17.1 Å². The Hall–Kier alpha value is -4.22. The normalized spacial score (nSPS) is 22.4.